The van der Waals surface area contributed by atoms with Crippen molar-refractivity contribution in [1.82, 2.24) is 10.2 Å². The Balaban J connectivity index is 4.18. The van der Waals surface area contributed by atoms with Crippen molar-refractivity contribution in [3.8, 4) is 0 Å². The summed E-state index contributed by atoms with van der Waals surface area (Å²) >= 11 is 0. The third kappa shape index (κ3) is 8.06. The standard InChI is InChI=1S/C14H30N2O3/c1-8-16(12(17)19-13(3,4)5)10-9-15-11(2)14(6,7)18/h11,15,18H,8-10H2,1-7H3. The van der Waals surface area contributed by atoms with Gasteiger partial charge in [0.2, 0.25) is 0 Å². The van der Waals surface area contributed by atoms with Gasteiger partial charge < -0.3 is 20.1 Å². The van der Waals surface area contributed by atoms with Crippen molar-refractivity contribution in [1.29, 1.82) is 0 Å². The largest absolute Gasteiger partial charge is 0.444 e. The van der Waals surface area contributed by atoms with Crippen LogP contribution in [0.5, 0.6) is 0 Å². The van der Waals surface area contributed by atoms with Crippen molar-refractivity contribution >= 4 is 6.09 Å². The number of nitrogens with zero attached hydrogens (tertiary/aromatic N) is 1. The van der Waals surface area contributed by atoms with E-state index in [0.717, 1.165) is 0 Å². The van der Waals surface area contributed by atoms with Gasteiger partial charge in [0.05, 0.1) is 5.60 Å². The van der Waals surface area contributed by atoms with Gasteiger partial charge in [0.15, 0.2) is 0 Å². The summed E-state index contributed by atoms with van der Waals surface area (Å²) in [6.07, 6.45) is -0.298. The molecule has 1 unspecified atom stereocenters. The molecule has 0 radical (unpaired) electrons. The quantitative estimate of drug-likeness (QED) is 0.777. The van der Waals surface area contributed by atoms with Gasteiger partial charge in [-0.05, 0) is 48.5 Å². The van der Waals surface area contributed by atoms with Gasteiger partial charge in [-0.2, -0.15) is 0 Å². The normalized spacial score (nSPS) is 14.1. The van der Waals surface area contributed by atoms with E-state index in [2.05, 4.69) is 5.32 Å². The lowest BCUT2D eigenvalue weighted by Gasteiger charge is -2.29. The Labute approximate surface area is 117 Å². The summed E-state index contributed by atoms with van der Waals surface area (Å²) in [5, 5.41) is 13.0. The Morgan fingerprint density at radius 1 is 1.32 bits per heavy atom. The van der Waals surface area contributed by atoms with E-state index in [1.54, 1.807) is 18.7 Å². The first-order valence-corrected chi connectivity index (χ1v) is 6.91. The second kappa shape index (κ2) is 7.10. The van der Waals surface area contributed by atoms with Gasteiger partial charge in [-0.15, -0.1) is 0 Å². The van der Waals surface area contributed by atoms with E-state index in [0.29, 0.717) is 19.6 Å². The van der Waals surface area contributed by atoms with Crippen LogP contribution in [0.4, 0.5) is 4.79 Å². The molecule has 1 amide bonds. The Hall–Kier alpha value is -0.810. The number of carbonyl (C=O) groups excluding carboxylic acids is 1. The fraction of sp³-hybridized carbons (Fsp3) is 0.929. The lowest BCUT2D eigenvalue weighted by molar-refractivity contribution is 0.0241. The van der Waals surface area contributed by atoms with Gasteiger partial charge in [-0.25, -0.2) is 4.79 Å². The molecule has 5 heteroatoms. The van der Waals surface area contributed by atoms with Gasteiger partial charge in [0.1, 0.15) is 5.60 Å². The predicted molar refractivity (Wildman–Crippen MR) is 77.2 cm³/mol. The first kappa shape index (κ1) is 18.2. The zero-order valence-electron chi connectivity index (χ0n) is 13.4. The molecule has 0 aromatic rings. The zero-order chi connectivity index (χ0) is 15.3. The summed E-state index contributed by atoms with van der Waals surface area (Å²) in [7, 11) is 0. The van der Waals surface area contributed by atoms with Crippen LogP contribution in [0.2, 0.25) is 0 Å². The molecule has 0 aliphatic carbocycles. The molecule has 0 aliphatic heterocycles. The monoisotopic (exact) mass is 274 g/mol. The maximum atomic E-state index is 11.9. The molecule has 0 aromatic carbocycles. The summed E-state index contributed by atoms with van der Waals surface area (Å²) in [4.78, 5) is 13.5. The van der Waals surface area contributed by atoms with E-state index in [-0.39, 0.29) is 12.1 Å². The van der Waals surface area contributed by atoms with Gasteiger partial charge in [-0.1, -0.05) is 0 Å². The predicted octanol–water partition coefficient (Wildman–Crippen LogP) is 1.99. The van der Waals surface area contributed by atoms with Gasteiger partial charge in [-0.3, -0.25) is 0 Å². The maximum absolute atomic E-state index is 11.9. The first-order valence-electron chi connectivity index (χ1n) is 6.91. The van der Waals surface area contributed by atoms with Crippen LogP contribution in [0, 0.1) is 0 Å². The Morgan fingerprint density at radius 2 is 1.84 bits per heavy atom. The van der Waals surface area contributed by atoms with Crippen molar-refractivity contribution in [2.45, 2.75) is 65.7 Å². The Bertz CT molecular complexity index is 279. The van der Waals surface area contributed by atoms with Crippen molar-refractivity contribution in [2.75, 3.05) is 19.6 Å². The average Bonchev–Trinajstić information content (AvgIpc) is 2.19. The molecule has 0 spiro atoms. The molecule has 19 heavy (non-hydrogen) atoms. The average molecular weight is 274 g/mol. The number of ether oxygens (including phenoxy) is 1. The molecule has 0 aromatic heterocycles. The number of likely N-dealkylation sites (N-methyl/N-ethyl adjacent to an activating group) is 1. The number of carbonyl (C=O) groups is 1. The summed E-state index contributed by atoms with van der Waals surface area (Å²) in [6.45, 7) is 14.7. The SMILES string of the molecule is CCN(CCNC(C)C(C)(C)O)C(=O)OC(C)(C)C. The third-order valence-electron chi connectivity index (χ3n) is 2.93. The van der Waals surface area contributed by atoms with Crippen LogP contribution in [0.15, 0.2) is 0 Å². The molecule has 0 heterocycles. The summed E-state index contributed by atoms with van der Waals surface area (Å²) in [5.74, 6) is 0. The Morgan fingerprint density at radius 3 is 2.21 bits per heavy atom. The maximum Gasteiger partial charge on any atom is 0.410 e. The van der Waals surface area contributed by atoms with E-state index in [1.807, 2.05) is 34.6 Å². The molecule has 2 N–H and O–H groups in total. The second-order valence-electron chi connectivity index (χ2n) is 6.39. The van der Waals surface area contributed by atoms with Gasteiger partial charge >= 0.3 is 6.09 Å². The van der Waals surface area contributed by atoms with Crippen molar-refractivity contribution in [3.05, 3.63) is 0 Å². The molecular weight excluding hydrogens is 244 g/mol. The molecular formula is C14H30N2O3. The number of hydrogen-bond donors (Lipinski definition) is 2. The van der Waals surface area contributed by atoms with Crippen LogP contribution in [0.25, 0.3) is 0 Å². The minimum Gasteiger partial charge on any atom is -0.444 e. The van der Waals surface area contributed by atoms with E-state index in [4.69, 9.17) is 4.74 Å². The van der Waals surface area contributed by atoms with Crippen LogP contribution in [0.1, 0.15) is 48.5 Å². The summed E-state index contributed by atoms with van der Waals surface area (Å²) in [5.41, 5.74) is -1.25. The molecule has 1 atom stereocenters. The van der Waals surface area contributed by atoms with Crippen LogP contribution < -0.4 is 5.32 Å². The number of amides is 1. The minimum atomic E-state index is -0.775. The van der Waals surface area contributed by atoms with Gasteiger partial charge in [0, 0.05) is 25.7 Å². The number of hydrogen-bond acceptors (Lipinski definition) is 4. The molecule has 0 aliphatic rings. The number of nitrogens with one attached hydrogen (secondary N) is 1. The topological polar surface area (TPSA) is 61.8 Å². The zero-order valence-corrected chi connectivity index (χ0v) is 13.4. The lowest BCUT2D eigenvalue weighted by atomic mass is 10.0. The van der Waals surface area contributed by atoms with E-state index >= 15 is 0 Å². The second-order valence-corrected chi connectivity index (χ2v) is 6.39. The third-order valence-corrected chi connectivity index (χ3v) is 2.93. The highest BCUT2D eigenvalue weighted by molar-refractivity contribution is 5.68. The van der Waals surface area contributed by atoms with E-state index in [1.165, 1.54) is 0 Å². The summed E-state index contributed by atoms with van der Waals surface area (Å²) < 4.78 is 5.33. The van der Waals surface area contributed by atoms with Crippen LogP contribution >= 0.6 is 0 Å². The molecule has 114 valence electrons. The van der Waals surface area contributed by atoms with Crippen LogP contribution in [0.3, 0.4) is 0 Å². The van der Waals surface area contributed by atoms with E-state index < -0.39 is 11.2 Å². The first-order chi connectivity index (χ1) is 8.47. The van der Waals surface area contributed by atoms with Crippen molar-refractivity contribution < 1.29 is 14.6 Å². The fourth-order valence-corrected chi connectivity index (χ4v) is 1.37. The molecule has 0 fully saturated rings. The minimum absolute atomic E-state index is 0.0372. The molecule has 0 saturated carbocycles. The van der Waals surface area contributed by atoms with Gasteiger partial charge in [0.25, 0.3) is 0 Å². The number of aliphatic hydroxyl groups is 1. The van der Waals surface area contributed by atoms with Crippen molar-refractivity contribution in [3.63, 3.8) is 0 Å². The molecule has 0 rings (SSSR count). The lowest BCUT2D eigenvalue weighted by Crippen LogP contribution is -2.48. The van der Waals surface area contributed by atoms with Crippen molar-refractivity contribution in [2.24, 2.45) is 0 Å². The highest BCUT2D eigenvalue weighted by Crippen LogP contribution is 2.10. The van der Waals surface area contributed by atoms with E-state index in [9.17, 15) is 9.90 Å². The molecule has 0 saturated heterocycles. The molecule has 0 bridgehead atoms. The Kier molecular flexibility index (Phi) is 6.80. The smallest absolute Gasteiger partial charge is 0.410 e. The summed E-state index contributed by atoms with van der Waals surface area (Å²) in [6, 6.07) is -0.0372. The highest BCUT2D eigenvalue weighted by Gasteiger charge is 2.23. The van der Waals surface area contributed by atoms with Crippen LogP contribution in [-0.2, 0) is 4.74 Å². The van der Waals surface area contributed by atoms with Crippen LogP contribution in [-0.4, -0.2) is 53.0 Å². The number of rotatable bonds is 6. The molecule has 5 nitrogen and oxygen atoms in total. The highest BCUT2D eigenvalue weighted by atomic mass is 16.6. The fourth-order valence-electron chi connectivity index (χ4n) is 1.37.